The summed E-state index contributed by atoms with van der Waals surface area (Å²) in [5.74, 6) is -1.07. The summed E-state index contributed by atoms with van der Waals surface area (Å²) < 4.78 is 0. The maximum absolute atomic E-state index is 11.4. The van der Waals surface area contributed by atoms with Crippen LogP contribution in [0.5, 0.6) is 0 Å². The molecular weight excluding hydrogens is 282 g/mol. The van der Waals surface area contributed by atoms with Gasteiger partial charge in [0, 0.05) is 47.4 Å². The summed E-state index contributed by atoms with van der Waals surface area (Å²) in [5.41, 5.74) is 7.57. The normalized spacial score (nSPS) is 11.7. The second-order valence-electron chi connectivity index (χ2n) is 5.01. The highest BCUT2D eigenvalue weighted by Crippen LogP contribution is 2.28. The molecule has 0 aromatic carbocycles. The number of hydrogen-bond acceptors (Lipinski definition) is 6. The lowest BCUT2D eigenvalue weighted by Crippen LogP contribution is -2.14. The van der Waals surface area contributed by atoms with Gasteiger partial charge in [0.25, 0.3) is 0 Å². The van der Waals surface area contributed by atoms with Gasteiger partial charge in [-0.2, -0.15) is 0 Å². The van der Waals surface area contributed by atoms with Crippen LogP contribution in [0.4, 0.5) is 5.69 Å². The molecule has 0 saturated carbocycles. The van der Waals surface area contributed by atoms with Gasteiger partial charge >= 0.3 is 5.97 Å². The number of aromatic nitrogens is 2. The van der Waals surface area contributed by atoms with Crippen LogP contribution >= 0.6 is 0 Å². The fourth-order valence-electron chi connectivity index (χ4n) is 2.07. The molecule has 0 amide bonds. The lowest BCUT2D eigenvalue weighted by Gasteiger charge is -2.15. The number of nitrogens with zero attached hydrogens (tertiary/aromatic N) is 2. The number of carboxylic acid groups (broad SMARTS) is 1. The average molecular weight is 299 g/mol. The molecular formula is C15H17N5O2. The molecule has 0 aliphatic carbocycles. The number of anilines is 1. The zero-order valence-corrected chi connectivity index (χ0v) is 12.3. The van der Waals surface area contributed by atoms with E-state index in [1.54, 1.807) is 12.3 Å². The van der Waals surface area contributed by atoms with E-state index in [9.17, 15) is 9.90 Å². The van der Waals surface area contributed by atoms with Gasteiger partial charge in [-0.1, -0.05) is 0 Å². The summed E-state index contributed by atoms with van der Waals surface area (Å²) in [6.45, 7) is 3.83. The van der Waals surface area contributed by atoms with Crippen molar-refractivity contribution >= 4 is 34.5 Å². The van der Waals surface area contributed by atoms with Crippen LogP contribution < -0.4 is 11.1 Å². The lowest BCUT2D eigenvalue weighted by molar-refractivity contribution is 0.0697. The van der Waals surface area contributed by atoms with Gasteiger partial charge in [0.15, 0.2) is 5.65 Å². The first-order valence-electron chi connectivity index (χ1n) is 6.69. The van der Waals surface area contributed by atoms with Gasteiger partial charge in [0.05, 0.1) is 5.69 Å². The Bertz CT molecular complexity index is 768. The zero-order valence-electron chi connectivity index (χ0n) is 12.3. The Kier molecular flexibility index (Phi) is 4.36. The third-order valence-corrected chi connectivity index (χ3v) is 3.05. The predicted molar refractivity (Wildman–Crippen MR) is 86.2 cm³/mol. The van der Waals surface area contributed by atoms with E-state index in [2.05, 4.69) is 15.3 Å². The van der Waals surface area contributed by atoms with Gasteiger partial charge in [0.2, 0.25) is 0 Å². The molecule has 2 rings (SSSR count). The Morgan fingerprint density at radius 2 is 2.09 bits per heavy atom. The number of allylic oxidation sites excluding steroid dienone is 1. The predicted octanol–water partition coefficient (Wildman–Crippen LogP) is 2.10. The summed E-state index contributed by atoms with van der Waals surface area (Å²) in [5, 5.41) is 20.4. The minimum atomic E-state index is -1.07. The third kappa shape index (κ3) is 2.88. The quantitative estimate of drug-likeness (QED) is 0.626. The molecule has 0 unspecified atom stereocenters. The highest BCUT2D eigenvalue weighted by Gasteiger charge is 2.16. The van der Waals surface area contributed by atoms with Crippen LogP contribution in [0, 0.1) is 5.41 Å². The molecule has 114 valence electrons. The van der Waals surface area contributed by atoms with Gasteiger partial charge in [-0.05, 0) is 19.9 Å². The van der Waals surface area contributed by atoms with Crippen LogP contribution in [0.3, 0.4) is 0 Å². The van der Waals surface area contributed by atoms with Crippen molar-refractivity contribution in [2.45, 2.75) is 19.9 Å². The number of carbonyl (C=O) groups is 1. The van der Waals surface area contributed by atoms with E-state index in [0.29, 0.717) is 27.9 Å². The van der Waals surface area contributed by atoms with Crippen molar-refractivity contribution in [2.75, 3.05) is 5.32 Å². The SMILES string of the molecule is CC(C)Nc1c(C(=O)O)cnc2ncc(/C(C=N)=C/N)cc12. The fraction of sp³-hybridized carbons (Fsp3) is 0.200. The molecule has 0 atom stereocenters. The second kappa shape index (κ2) is 6.21. The first-order chi connectivity index (χ1) is 10.5. The van der Waals surface area contributed by atoms with Crippen LogP contribution in [0.25, 0.3) is 16.6 Å². The summed E-state index contributed by atoms with van der Waals surface area (Å²) in [7, 11) is 0. The molecule has 2 aromatic rings. The zero-order chi connectivity index (χ0) is 16.3. The van der Waals surface area contributed by atoms with Gasteiger partial charge < -0.3 is 21.6 Å². The Labute approximate surface area is 127 Å². The van der Waals surface area contributed by atoms with E-state index in [0.717, 1.165) is 6.21 Å². The Morgan fingerprint density at radius 1 is 1.41 bits per heavy atom. The van der Waals surface area contributed by atoms with Crippen LogP contribution in [0.15, 0.2) is 24.7 Å². The van der Waals surface area contributed by atoms with Crippen LogP contribution in [-0.4, -0.2) is 33.3 Å². The molecule has 0 bridgehead atoms. The molecule has 0 spiro atoms. The van der Waals surface area contributed by atoms with Crippen molar-refractivity contribution in [2.24, 2.45) is 5.73 Å². The van der Waals surface area contributed by atoms with E-state index in [1.807, 2.05) is 13.8 Å². The first kappa shape index (κ1) is 15.4. The number of hydrogen-bond donors (Lipinski definition) is 4. The number of nitrogens with one attached hydrogen (secondary N) is 2. The highest BCUT2D eigenvalue weighted by atomic mass is 16.4. The van der Waals surface area contributed by atoms with E-state index >= 15 is 0 Å². The van der Waals surface area contributed by atoms with E-state index < -0.39 is 5.97 Å². The molecule has 0 radical (unpaired) electrons. The van der Waals surface area contributed by atoms with Crippen molar-refractivity contribution in [3.8, 4) is 0 Å². The summed E-state index contributed by atoms with van der Waals surface area (Å²) in [6, 6.07) is 1.77. The van der Waals surface area contributed by atoms with Crippen molar-refractivity contribution in [3.05, 3.63) is 35.8 Å². The molecule has 0 fully saturated rings. The molecule has 7 nitrogen and oxygen atoms in total. The maximum Gasteiger partial charge on any atom is 0.339 e. The topological polar surface area (TPSA) is 125 Å². The number of nitrogens with two attached hydrogens (primary N) is 1. The maximum atomic E-state index is 11.4. The third-order valence-electron chi connectivity index (χ3n) is 3.05. The average Bonchev–Trinajstić information content (AvgIpc) is 2.48. The fourth-order valence-corrected chi connectivity index (χ4v) is 2.07. The van der Waals surface area contributed by atoms with Crippen molar-refractivity contribution in [1.29, 1.82) is 5.41 Å². The highest BCUT2D eigenvalue weighted by molar-refractivity contribution is 6.10. The smallest absolute Gasteiger partial charge is 0.339 e. The van der Waals surface area contributed by atoms with Crippen LogP contribution in [0.2, 0.25) is 0 Å². The van der Waals surface area contributed by atoms with Crippen molar-refractivity contribution in [3.63, 3.8) is 0 Å². The number of carboxylic acids is 1. The first-order valence-corrected chi connectivity index (χ1v) is 6.69. The minimum Gasteiger partial charge on any atom is -0.478 e. The van der Waals surface area contributed by atoms with Crippen LogP contribution in [0.1, 0.15) is 29.8 Å². The number of aromatic carboxylic acids is 1. The standard InChI is InChI=1S/C15H17N5O2/c1-8(2)20-13-11-3-9(10(4-16)5-17)6-18-14(11)19-7-12(13)15(21)22/h3-8,16H,17H2,1-2H3,(H,21,22)(H,18,19,20)/b10-5+,16-4?. The Hall–Kier alpha value is -2.96. The molecule has 2 aromatic heterocycles. The molecule has 7 heteroatoms. The Balaban J connectivity index is 2.76. The number of pyridine rings is 2. The summed E-state index contributed by atoms with van der Waals surface area (Å²) in [4.78, 5) is 19.7. The van der Waals surface area contributed by atoms with Crippen molar-refractivity contribution < 1.29 is 9.90 Å². The molecule has 0 aliphatic heterocycles. The number of rotatable bonds is 5. The van der Waals surface area contributed by atoms with Gasteiger partial charge in [0.1, 0.15) is 5.56 Å². The van der Waals surface area contributed by atoms with Gasteiger partial charge in [-0.25, -0.2) is 14.8 Å². The van der Waals surface area contributed by atoms with Crippen molar-refractivity contribution in [1.82, 2.24) is 9.97 Å². The largest absolute Gasteiger partial charge is 0.478 e. The van der Waals surface area contributed by atoms with Gasteiger partial charge in [-0.3, -0.25) is 0 Å². The lowest BCUT2D eigenvalue weighted by atomic mass is 10.1. The molecule has 0 aliphatic rings. The van der Waals surface area contributed by atoms with E-state index in [-0.39, 0.29) is 11.6 Å². The minimum absolute atomic E-state index is 0.0413. The summed E-state index contributed by atoms with van der Waals surface area (Å²) in [6.07, 6.45) is 5.27. The Morgan fingerprint density at radius 3 is 2.64 bits per heavy atom. The molecule has 5 N–H and O–H groups in total. The molecule has 22 heavy (non-hydrogen) atoms. The van der Waals surface area contributed by atoms with E-state index in [4.69, 9.17) is 11.1 Å². The second-order valence-corrected chi connectivity index (χ2v) is 5.01. The summed E-state index contributed by atoms with van der Waals surface area (Å²) >= 11 is 0. The molecule has 0 saturated heterocycles. The van der Waals surface area contributed by atoms with Crippen LogP contribution in [-0.2, 0) is 0 Å². The monoisotopic (exact) mass is 299 g/mol. The molecule has 2 heterocycles. The van der Waals surface area contributed by atoms with E-state index in [1.165, 1.54) is 12.4 Å². The number of fused-ring (bicyclic) bond motifs is 1. The van der Waals surface area contributed by atoms with Gasteiger partial charge in [-0.15, -0.1) is 0 Å².